The van der Waals surface area contributed by atoms with Crippen LogP contribution in [0.25, 0.3) is 10.8 Å². The van der Waals surface area contributed by atoms with E-state index >= 15 is 0 Å². The van der Waals surface area contributed by atoms with E-state index in [0.29, 0.717) is 6.54 Å². The fourth-order valence-corrected chi connectivity index (χ4v) is 3.60. The predicted molar refractivity (Wildman–Crippen MR) is 128 cm³/mol. The molecule has 0 fully saturated rings. The van der Waals surface area contributed by atoms with Crippen molar-refractivity contribution in [3.8, 4) is 0 Å². The van der Waals surface area contributed by atoms with Crippen molar-refractivity contribution >= 4 is 52.5 Å². The number of hydrogen-bond donors (Lipinski definition) is 2. The van der Waals surface area contributed by atoms with Gasteiger partial charge >= 0.3 is 0 Å². The van der Waals surface area contributed by atoms with Crippen LogP contribution in [0.1, 0.15) is 11.3 Å². The Kier molecular flexibility index (Phi) is 9.41. The third-order valence-electron chi connectivity index (χ3n) is 4.06. The van der Waals surface area contributed by atoms with E-state index in [1.807, 2.05) is 30.0 Å². The maximum Gasteiger partial charge on any atom is 0.191 e. The highest BCUT2D eigenvalue weighted by molar-refractivity contribution is 14.0. The van der Waals surface area contributed by atoms with Gasteiger partial charge in [0, 0.05) is 31.3 Å². The van der Waals surface area contributed by atoms with Crippen LogP contribution in [0.5, 0.6) is 0 Å². The van der Waals surface area contributed by atoms with E-state index < -0.39 is 0 Å². The van der Waals surface area contributed by atoms with Crippen molar-refractivity contribution in [1.82, 2.24) is 15.6 Å². The summed E-state index contributed by atoms with van der Waals surface area (Å²) in [5, 5.41) is 9.30. The molecule has 0 spiro atoms. The first-order valence-electron chi connectivity index (χ1n) is 8.75. The number of guanidine groups is 1. The second kappa shape index (κ2) is 11.8. The van der Waals surface area contributed by atoms with Crippen LogP contribution < -0.4 is 10.6 Å². The summed E-state index contributed by atoms with van der Waals surface area (Å²) in [6, 6.07) is 21.0. The largest absolute Gasteiger partial charge is 0.356 e. The molecule has 3 aromatic rings. The number of thioether (sulfide) groups is 1. The molecule has 0 amide bonds. The molecule has 2 N–H and O–H groups in total. The third kappa shape index (κ3) is 6.70. The third-order valence-corrected chi connectivity index (χ3v) is 5.07. The van der Waals surface area contributed by atoms with Crippen LogP contribution in [0.15, 0.2) is 71.9 Å². The number of aliphatic imine (C=N–C) groups is 1. The zero-order valence-corrected chi connectivity index (χ0v) is 18.5. The minimum absolute atomic E-state index is 0. The lowest BCUT2D eigenvalue weighted by Crippen LogP contribution is -2.38. The number of hydrogen-bond acceptors (Lipinski definition) is 3. The predicted octanol–water partition coefficient (Wildman–Crippen LogP) is 4.45. The molecule has 1 aromatic heterocycles. The molecule has 6 heteroatoms. The number of nitrogens with one attached hydrogen (secondary N) is 2. The first-order valence-corrected chi connectivity index (χ1v) is 9.91. The Hall–Kier alpha value is -1.80. The number of benzene rings is 2. The molecule has 0 saturated carbocycles. The maximum absolute atomic E-state index is 4.30. The smallest absolute Gasteiger partial charge is 0.191 e. The van der Waals surface area contributed by atoms with E-state index in [-0.39, 0.29) is 24.0 Å². The minimum atomic E-state index is 0. The van der Waals surface area contributed by atoms with Gasteiger partial charge in [0.05, 0.1) is 12.2 Å². The molecule has 0 aliphatic rings. The van der Waals surface area contributed by atoms with Crippen molar-refractivity contribution in [2.24, 2.45) is 4.99 Å². The summed E-state index contributed by atoms with van der Waals surface area (Å²) in [6.07, 6.45) is 1.80. The number of fused-ring (bicyclic) bond motifs is 1. The number of pyridine rings is 1. The summed E-state index contributed by atoms with van der Waals surface area (Å²) < 4.78 is 0. The standard InChI is InChI=1S/C21H24N4S.HI/c1-22-21(25-15-19-10-4-5-12-23-19)24-13-14-26-16-18-9-6-8-17-7-2-3-11-20(17)18;/h2-12H,13-16H2,1H3,(H2,22,24,25);1H. The summed E-state index contributed by atoms with van der Waals surface area (Å²) in [6.45, 7) is 1.54. The molecule has 4 nitrogen and oxygen atoms in total. The Morgan fingerprint density at radius 1 is 1.00 bits per heavy atom. The quantitative estimate of drug-likeness (QED) is 0.222. The lowest BCUT2D eigenvalue weighted by molar-refractivity contribution is 0.813. The van der Waals surface area contributed by atoms with Gasteiger partial charge in [-0.3, -0.25) is 9.98 Å². The molecule has 0 bridgehead atoms. The van der Waals surface area contributed by atoms with E-state index in [4.69, 9.17) is 0 Å². The van der Waals surface area contributed by atoms with Gasteiger partial charge in [-0.15, -0.1) is 24.0 Å². The van der Waals surface area contributed by atoms with Crippen molar-refractivity contribution in [2.75, 3.05) is 19.3 Å². The van der Waals surface area contributed by atoms with Crippen LogP contribution >= 0.6 is 35.7 Å². The molecule has 1 heterocycles. The van der Waals surface area contributed by atoms with Crippen LogP contribution in [-0.4, -0.2) is 30.3 Å². The molecule has 0 radical (unpaired) electrons. The topological polar surface area (TPSA) is 49.3 Å². The van der Waals surface area contributed by atoms with Gasteiger partial charge in [0.25, 0.3) is 0 Å². The second-order valence-electron chi connectivity index (χ2n) is 5.86. The summed E-state index contributed by atoms with van der Waals surface area (Å²) >= 11 is 1.93. The van der Waals surface area contributed by atoms with Gasteiger partial charge in [0.1, 0.15) is 0 Å². The first kappa shape index (κ1) is 21.5. The molecular formula is C21H25IN4S. The van der Waals surface area contributed by atoms with E-state index in [0.717, 1.165) is 29.7 Å². The first-order chi connectivity index (χ1) is 12.9. The average Bonchev–Trinajstić information content (AvgIpc) is 2.71. The van der Waals surface area contributed by atoms with Crippen molar-refractivity contribution in [2.45, 2.75) is 12.3 Å². The van der Waals surface area contributed by atoms with Crippen LogP contribution in [0.4, 0.5) is 0 Å². The van der Waals surface area contributed by atoms with Crippen molar-refractivity contribution < 1.29 is 0 Å². The fourth-order valence-electron chi connectivity index (χ4n) is 2.74. The Labute approximate surface area is 182 Å². The van der Waals surface area contributed by atoms with Gasteiger partial charge < -0.3 is 10.6 Å². The van der Waals surface area contributed by atoms with E-state index in [9.17, 15) is 0 Å². The Balaban J connectivity index is 0.00000261. The lowest BCUT2D eigenvalue weighted by atomic mass is 10.1. The van der Waals surface area contributed by atoms with Gasteiger partial charge in [0.15, 0.2) is 5.96 Å². The molecule has 0 aliphatic carbocycles. The lowest BCUT2D eigenvalue weighted by Gasteiger charge is -2.11. The Morgan fingerprint density at radius 2 is 1.81 bits per heavy atom. The van der Waals surface area contributed by atoms with E-state index in [1.54, 1.807) is 13.2 Å². The zero-order chi connectivity index (χ0) is 18.0. The number of rotatable bonds is 7. The van der Waals surface area contributed by atoms with E-state index in [1.165, 1.54) is 16.3 Å². The molecule has 0 unspecified atom stereocenters. The van der Waals surface area contributed by atoms with Crippen LogP contribution in [0, 0.1) is 0 Å². The highest BCUT2D eigenvalue weighted by Gasteiger charge is 2.01. The number of halogens is 1. The highest BCUT2D eigenvalue weighted by atomic mass is 127. The number of aromatic nitrogens is 1. The monoisotopic (exact) mass is 492 g/mol. The fraction of sp³-hybridized carbons (Fsp3) is 0.238. The van der Waals surface area contributed by atoms with Crippen molar-refractivity contribution in [1.29, 1.82) is 0 Å². The summed E-state index contributed by atoms with van der Waals surface area (Å²) in [7, 11) is 1.79. The molecule has 0 aliphatic heterocycles. The van der Waals surface area contributed by atoms with Gasteiger partial charge in [-0.2, -0.15) is 11.8 Å². The van der Waals surface area contributed by atoms with Crippen molar-refractivity contribution in [3.05, 3.63) is 78.1 Å². The Bertz CT molecular complexity index is 850. The highest BCUT2D eigenvalue weighted by Crippen LogP contribution is 2.22. The van der Waals surface area contributed by atoms with Crippen LogP contribution in [0.3, 0.4) is 0 Å². The van der Waals surface area contributed by atoms with E-state index in [2.05, 4.69) is 63.1 Å². The minimum Gasteiger partial charge on any atom is -0.356 e. The zero-order valence-electron chi connectivity index (χ0n) is 15.4. The van der Waals surface area contributed by atoms with Gasteiger partial charge in [-0.05, 0) is 28.5 Å². The molecule has 0 atom stereocenters. The summed E-state index contributed by atoms with van der Waals surface area (Å²) in [4.78, 5) is 8.56. The van der Waals surface area contributed by atoms with Gasteiger partial charge in [-0.25, -0.2) is 0 Å². The van der Waals surface area contributed by atoms with Gasteiger partial charge in [0.2, 0.25) is 0 Å². The summed E-state index contributed by atoms with van der Waals surface area (Å²) in [5.74, 6) is 2.85. The molecular weight excluding hydrogens is 467 g/mol. The van der Waals surface area contributed by atoms with Crippen molar-refractivity contribution in [3.63, 3.8) is 0 Å². The molecule has 3 rings (SSSR count). The SMILES string of the molecule is CN=C(NCCSCc1cccc2ccccc12)NCc1ccccn1.I. The normalized spacial score (nSPS) is 11.1. The summed E-state index contributed by atoms with van der Waals surface area (Å²) in [5.41, 5.74) is 2.39. The molecule has 27 heavy (non-hydrogen) atoms. The van der Waals surface area contributed by atoms with Crippen LogP contribution in [-0.2, 0) is 12.3 Å². The second-order valence-corrected chi connectivity index (χ2v) is 6.97. The molecule has 2 aromatic carbocycles. The Morgan fingerprint density at radius 3 is 2.63 bits per heavy atom. The molecule has 0 saturated heterocycles. The number of nitrogens with zero attached hydrogens (tertiary/aromatic N) is 2. The average molecular weight is 492 g/mol. The molecule has 142 valence electrons. The van der Waals surface area contributed by atoms with Crippen LogP contribution in [0.2, 0.25) is 0 Å². The van der Waals surface area contributed by atoms with Gasteiger partial charge in [-0.1, -0.05) is 48.5 Å². The maximum atomic E-state index is 4.30.